The van der Waals surface area contributed by atoms with E-state index in [1.165, 1.54) is 56.0 Å². The van der Waals surface area contributed by atoms with Crippen molar-refractivity contribution in [3.63, 3.8) is 0 Å². The second kappa shape index (κ2) is 21.4. The van der Waals surface area contributed by atoms with Crippen LogP contribution in [0.15, 0.2) is 30.3 Å². The molecule has 0 bridgehead atoms. The summed E-state index contributed by atoms with van der Waals surface area (Å²) < 4.78 is 1.92. The summed E-state index contributed by atoms with van der Waals surface area (Å²) in [6, 6.07) is 9.89. The van der Waals surface area contributed by atoms with Gasteiger partial charge in [0.25, 0.3) is 0 Å². The van der Waals surface area contributed by atoms with Crippen molar-refractivity contribution in [2.75, 3.05) is 26.2 Å². The number of nitrogens with zero attached hydrogens (tertiary/aromatic N) is 2. The number of rotatable bonds is 8. The molecule has 0 unspecified atom stereocenters. The fraction of sp³-hybridized carbons (Fsp3) is 0.765. The minimum atomic E-state index is -1.61. The van der Waals surface area contributed by atoms with E-state index in [-0.39, 0.29) is 7.92 Å². The van der Waals surface area contributed by atoms with Gasteiger partial charge in [0.15, 0.2) is 0 Å². The Bertz CT molecular complexity index is 734. The molecular formula is C34H59Cl2N2PRu. The first-order chi connectivity index (χ1) is 19.6. The molecule has 232 valence electrons. The minimum absolute atomic E-state index is 0.0465. The third-order valence-corrected chi connectivity index (χ3v) is 15.7. The third-order valence-electron chi connectivity index (χ3n) is 9.25. The first-order valence-electron chi connectivity index (χ1n) is 16.7. The molecule has 0 N–H and O–H groups in total. The normalized spacial score (nSPS) is 22.3. The van der Waals surface area contributed by atoms with E-state index in [4.69, 9.17) is 19.4 Å². The van der Waals surface area contributed by atoms with E-state index in [1.807, 2.05) is 34.9 Å². The molecule has 1 aromatic rings. The van der Waals surface area contributed by atoms with E-state index in [1.54, 1.807) is 96.3 Å². The standard InChI is InChI=1S/C18H33P.C9H19N2.C7H6.2ClH.Ru/c1-4-10-16(11-5-1)19(17-12-6-2-7-13-17)18-14-8-3-9-15-18;1-3-5-10-7-8-11(9-10)6-4-2;1-7-5-3-2-4-6-7;;;/h16-18H,1-15H2;9H,3-8H2,1-2H3;1-6H;2*1H;/q;-1;;;;+2/p-1. The monoisotopic (exact) mass is 698 g/mol. The molecule has 40 heavy (non-hydrogen) atoms. The molecule has 1 saturated heterocycles. The Balaban J connectivity index is 0.000000180. The van der Waals surface area contributed by atoms with Gasteiger partial charge in [-0.25, -0.2) is 6.67 Å². The van der Waals surface area contributed by atoms with E-state index in [9.17, 15) is 0 Å². The van der Waals surface area contributed by atoms with Crippen LogP contribution in [0.1, 0.15) is 129 Å². The summed E-state index contributed by atoms with van der Waals surface area (Å²) in [7, 11) is 11.3. The van der Waals surface area contributed by atoms with Gasteiger partial charge in [-0.3, -0.25) is 0 Å². The van der Waals surface area contributed by atoms with E-state index < -0.39 is 13.5 Å². The SMILES string of the molecule is C1CCC([PH+](C2CCCCC2)C2CCCCC2)CC1.CCCN1[CH-]N(CCC)CC1.[Cl][Ru]([Cl])=[CH]c1ccccc1. The van der Waals surface area contributed by atoms with Gasteiger partial charge in [0, 0.05) is 7.92 Å². The van der Waals surface area contributed by atoms with Crippen LogP contribution in [0.25, 0.3) is 0 Å². The van der Waals surface area contributed by atoms with Crippen LogP contribution in [-0.4, -0.2) is 57.6 Å². The van der Waals surface area contributed by atoms with Gasteiger partial charge in [0.1, 0.15) is 0 Å². The van der Waals surface area contributed by atoms with Crippen LogP contribution < -0.4 is 0 Å². The summed E-state index contributed by atoms with van der Waals surface area (Å²) in [5.74, 6) is 0. The van der Waals surface area contributed by atoms with Gasteiger partial charge < -0.3 is 9.80 Å². The molecule has 3 saturated carbocycles. The predicted molar refractivity (Wildman–Crippen MR) is 180 cm³/mol. The Morgan fingerprint density at radius 1 is 0.700 bits per heavy atom. The second-order valence-corrected chi connectivity index (χ2v) is 21.6. The molecule has 0 atom stereocenters. The van der Waals surface area contributed by atoms with Crippen molar-refractivity contribution in [2.45, 2.75) is 140 Å². The van der Waals surface area contributed by atoms with E-state index in [0.717, 1.165) is 5.56 Å². The molecule has 4 aliphatic rings. The number of halogens is 2. The Hall–Kier alpha value is 0.643. The molecular weight excluding hydrogens is 639 g/mol. The van der Waals surface area contributed by atoms with Crippen LogP contribution in [0.5, 0.6) is 0 Å². The van der Waals surface area contributed by atoms with E-state index in [0.29, 0.717) is 0 Å². The first-order valence-corrected chi connectivity index (χ1v) is 23.9. The number of hydrogen-bond acceptors (Lipinski definition) is 2. The van der Waals surface area contributed by atoms with E-state index >= 15 is 0 Å². The van der Waals surface area contributed by atoms with Crippen molar-refractivity contribution in [1.82, 2.24) is 9.80 Å². The average Bonchev–Trinajstić information content (AvgIpc) is 3.43. The van der Waals surface area contributed by atoms with E-state index in [2.05, 4.69) is 30.3 Å². The molecule has 0 spiro atoms. The van der Waals surface area contributed by atoms with Gasteiger partial charge in [0.2, 0.25) is 0 Å². The van der Waals surface area contributed by atoms with Crippen LogP contribution >= 0.6 is 27.3 Å². The van der Waals surface area contributed by atoms with Crippen molar-refractivity contribution >= 4 is 31.9 Å². The van der Waals surface area contributed by atoms with Gasteiger partial charge in [0.05, 0.1) is 17.0 Å². The predicted octanol–water partition coefficient (Wildman–Crippen LogP) is 10.5. The molecule has 6 heteroatoms. The number of hydrogen-bond donors (Lipinski definition) is 0. The zero-order valence-corrected chi connectivity index (χ0v) is 29.9. The Morgan fingerprint density at radius 3 is 1.45 bits per heavy atom. The van der Waals surface area contributed by atoms with Crippen LogP contribution in [0.3, 0.4) is 0 Å². The van der Waals surface area contributed by atoms with Crippen LogP contribution in [0.4, 0.5) is 0 Å². The zero-order valence-electron chi connectivity index (χ0n) is 25.6. The van der Waals surface area contributed by atoms with Crippen LogP contribution in [0, 0.1) is 6.67 Å². The van der Waals surface area contributed by atoms with Crippen molar-refractivity contribution in [1.29, 1.82) is 0 Å². The molecule has 0 amide bonds. The quantitative estimate of drug-likeness (QED) is 0.152. The fourth-order valence-electron chi connectivity index (χ4n) is 7.43. The molecule has 5 rings (SSSR count). The Kier molecular flexibility index (Phi) is 18.8. The third kappa shape index (κ3) is 13.5. The molecule has 0 aromatic heterocycles. The Labute approximate surface area is 262 Å². The van der Waals surface area contributed by atoms with Gasteiger partial charge in [-0.05, 0) is 116 Å². The fourth-order valence-corrected chi connectivity index (χ4v) is 14.5. The summed E-state index contributed by atoms with van der Waals surface area (Å²) in [5.41, 5.74) is 4.80. The average molecular weight is 699 g/mol. The van der Waals surface area contributed by atoms with Gasteiger partial charge >= 0.3 is 73.4 Å². The topological polar surface area (TPSA) is 6.48 Å². The molecule has 1 aromatic carbocycles. The number of benzene rings is 1. The summed E-state index contributed by atoms with van der Waals surface area (Å²) in [5, 5.41) is 0. The first kappa shape index (κ1) is 35.1. The van der Waals surface area contributed by atoms with Crippen LogP contribution in [-0.2, 0) is 13.5 Å². The molecule has 1 aliphatic heterocycles. The maximum absolute atomic E-state index is 5.67. The molecule has 1 heterocycles. The molecule has 4 fully saturated rings. The van der Waals surface area contributed by atoms with Crippen LogP contribution in [0.2, 0.25) is 0 Å². The van der Waals surface area contributed by atoms with Gasteiger partial charge in [-0.15, -0.1) is 0 Å². The molecule has 0 radical (unpaired) electrons. The molecule has 3 aliphatic carbocycles. The zero-order chi connectivity index (χ0) is 28.4. The Morgan fingerprint density at radius 2 is 1.10 bits per heavy atom. The second-order valence-electron chi connectivity index (χ2n) is 12.4. The van der Waals surface area contributed by atoms with Crippen molar-refractivity contribution < 1.29 is 13.5 Å². The van der Waals surface area contributed by atoms with Crippen molar-refractivity contribution in [3.8, 4) is 0 Å². The van der Waals surface area contributed by atoms with Crippen molar-refractivity contribution in [3.05, 3.63) is 42.6 Å². The van der Waals surface area contributed by atoms with Gasteiger partial charge in [-0.2, -0.15) is 0 Å². The summed E-state index contributed by atoms with van der Waals surface area (Å²) in [6.07, 6.45) is 26.3. The molecule has 2 nitrogen and oxygen atoms in total. The summed E-state index contributed by atoms with van der Waals surface area (Å²) in [4.78, 5) is 4.82. The summed E-state index contributed by atoms with van der Waals surface area (Å²) in [6.45, 7) is 11.7. The van der Waals surface area contributed by atoms with Crippen molar-refractivity contribution in [2.24, 2.45) is 0 Å². The summed E-state index contributed by atoms with van der Waals surface area (Å²) >= 11 is -1.61. The maximum atomic E-state index is 5.67. The van der Waals surface area contributed by atoms with Gasteiger partial charge in [-0.1, -0.05) is 33.1 Å².